The van der Waals surface area contributed by atoms with Gasteiger partial charge in [-0.3, -0.25) is 4.79 Å². The molecule has 0 spiro atoms. The van der Waals surface area contributed by atoms with Gasteiger partial charge in [0.05, 0.1) is 28.6 Å². The Bertz CT molecular complexity index is 698. The van der Waals surface area contributed by atoms with Gasteiger partial charge in [-0.25, -0.2) is 4.98 Å². The Labute approximate surface area is 122 Å². The molecular weight excluding hydrogens is 268 g/mol. The molecule has 1 heterocycles. The Hall–Kier alpha value is -2.08. The number of H-pyrrole nitrogens is 1. The number of aliphatic hydroxyl groups is 1. The van der Waals surface area contributed by atoms with E-state index in [1.807, 2.05) is 6.07 Å². The highest BCUT2D eigenvalue weighted by atomic mass is 16.3. The van der Waals surface area contributed by atoms with Crippen LogP contribution >= 0.6 is 0 Å². The maximum Gasteiger partial charge on any atom is 0.258 e. The molecule has 112 valence electrons. The number of nitrogen functional groups attached to an aromatic ring is 1. The molecule has 0 bridgehead atoms. The van der Waals surface area contributed by atoms with E-state index in [-0.39, 0.29) is 12.2 Å². The van der Waals surface area contributed by atoms with Gasteiger partial charge in [-0.15, -0.1) is 0 Å². The summed E-state index contributed by atoms with van der Waals surface area (Å²) in [5, 5.41) is 13.2. The van der Waals surface area contributed by atoms with Gasteiger partial charge in [0.2, 0.25) is 0 Å². The highest BCUT2D eigenvalue weighted by Crippen LogP contribution is 2.32. The number of benzene rings is 1. The van der Waals surface area contributed by atoms with E-state index in [1.165, 1.54) is 12.7 Å². The Morgan fingerprint density at radius 2 is 2.19 bits per heavy atom. The molecule has 0 aliphatic heterocycles. The smallest absolute Gasteiger partial charge is 0.258 e. The van der Waals surface area contributed by atoms with Crippen molar-refractivity contribution < 1.29 is 5.11 Å². The molecule has 2 atom stereocenters. The first-order valence-electron chi connectivity index (χ1n) is 7.30. The monoisotopic (exact) mass is 288 g/mol. The molecule has 2 unspecified atom stereocenters. The number of nitrogens with one attached hydrogen (secondary N) is 2. The minimum atomic E-state index is -0.186. The Kier molecular flexibility index (Phi) is 3.79. The summed E-state index contributed by atoms with van der Waals surface area (Å²) in [6.45, 7) is 1.03. The van der Waals surface area contributed by atoms with E-state index >= 15 is 0 Å². The van der Waals surface area contributed by atoms with Gasteiger partial charge in [-0.1, -0.05) is 6.42 Å². The van der Waals surface area contributed by atoms with Crippen LogP contribution in [0.25, 0.3) is 10.9 Å². The van der Waals surface area contributed by atoms with E-state index in [4.69, 9.17) is 5.73 Å². The summed E-state index contributed by atoms with van der Waals surface area (Å²) in [5.74, 6) is 0.845. The average molecular weight is 288 g/mol. The van der Waals surface area contributed by atoms with Crippen LogP contribution < -0.4 is 16.6 Å². The van der Waals surface area contributed by atoms with Gasteiger partial charge in [0.15, 0.2) is 0 Å². The first-order chi connectivity index (χ1) is 10.2. The molecule has 21 heavy (non-hydrogen) atoms. The van der Waals surface area contributed by atoms with E-state index in [0.717, 1.165) is 25.1 Å². The van der Waals surface area contributed by atoms with Gasteiger partial charge in [0.25, 0.3) is 5.56 Å². The van der Waals surface area contributed by atoms with Crippen molar-refractivity contribution in [2.24, 2.45) is 11.8 Å². The van der Waals surface area contributed by atoms with Crippen molar-refractivity contribution in [3.05, 3.63) is 28.8 Å². The number of rotatable bonds is 4. The van der Waals surface area contributed by atoms with Crippen LogP contribution in [0.5, 0.6) is 0 Å². The number of nitrogens with two attached hydrogens (primary N) is 1. The van der Waals surface area contributed by atoms with Crippen LogP contribution in [0.2, 0.25) is 0 Å². The normalized spacial score (nSPS) is 21.8. The topological polar surface area (TPSA) is 104 Å². The number of anilines is 2. The predicted octanol–water partition coefficient (Wildman–Crippen LogP) is 1.33. The lowest BCUT2D eigenvalue weighted by molar-refractivity contribution is 0.199. The third kappa shape index (κ3) is 2.71. The van der Waals surface area contributed by atoms with Gasteiger partial charge in [-0.2, -0.15) is 0 Å². The number of fused-ring (bicyclic) bond motifs is 1. The molecule has 0 amide bonds. The molecule has 0 saturated heterocycles. The van der Waals surface area contributed by atoms with Crippen molar-refractivity contribution in [2.45, 2.75) is 19.3 Å². The second kappa shape index (κ2) is 5.73. The maximum absolute atomic E-state index is 11.7. The number of aromatic amines is 1. The fourth-order valence-corrected chi connectivity index (χ4v) is 3.15. The first kappa shape index (κ1) is 13.9. The fourth-order valence-electron chi connectivity index (χ4n) is 3.15. The minimum Gasteiger partial charge on any atom is -0.397 e. The molecule has 1 fully saturated rings. The molecule has 6 heteroatoms. The zero-order valence-corrected chi connectivity index (χ0v) is 11.8. The molecule has 3 rings (SSSR count). The van der Waals surface area contributed by atoms with E-state index in [9.17, 15) is 9.90 Å². The molecule has 2 aromatic rings. The van der Waals surface area contributed by atoms with E-state index < -0.39 is 0 Å². The Balaban J connectivity index is 1.81. The van der Waals surface area contributed by atoms with Crippen molar-refractivity contribution >= 4 is 22.3 Å². The van der Waals surface area contributed by atoms with Crippen molar-refractivity contribution in [2.75, 3.05) is 24.2 Å². The van der Waals surface area contributed by atoms with Crippen LogP contribution in [0.15, 0.2) is 23.3 Å². The number of hydrogen-bond donors (Lipinski definition) is 4. The molecule has 6 nitrogen and oxygen atoms in total. The minimum absolute atomic E-state index is 0.186. The Morgan fingerprint density at radius 1 is 1.38 bits per heavy atom. The van der Waals surface area contributed by atoms with Crippen LogP contribution in [0, 0.1) is 11.8 Å². The van der Waals surface area contributed by atoms with Gasteiger partial charge < -0.3 is 21.1 Å². The van der Waals surface area contributed by atoms with Crippen LogP contribution in [0.1, 0.15) is 19.3 Å². The second-order valence-electron chi connectivity index (χ2n) is 5.70. The summed E-state index contributed by atoms with van der Waals surface area (Å²) in [5.41, 5.74) is 7.79. The molecule has 5 N–H and O–H groups in total. The summed E-state index contributed by atoms with van der Waals surface area (Å²) >= 11 is 0. The molecule has 0 radical (unpaired) electrons. The van der Waals surface area contributed by atoms with Crippen LogP contribution in [0.3, 0.4) is 0 Å². The lowest BCUT2D eigenvalue weighted by atomic mass is 9.97. The van der Waals surface area contributed by atoms with Crippen molar-refractivity contribution in [1.29, 1.82) is 0 Å². The average Bonchev–Trinajstić information content (AvgIpc) is 2.94. The van der Waals surface area contributed by atoms with E-state index in [2.05, 4.69) is 15.3 Å². The standard InChI is InChI=1S/C15H20N4O2/c16-12-4-11-13(18-8-19-15(11)21)5-14(12)17-6-9-2-1-3-10(9)7-20/h4-5,8-10,17,20H,1-3,6-7,16H2,(H,18,19,21). The molecule has 1 saturated carbocycles. The number of aliphatic hydroxyl groups excluding tert-OH is 1. The van der Waals surface area contributed by atoms with Gasteiger partial charge >= 0.3 is 0 Å². The van der Waals surface area contributed by atoms with Crippen LogP contribution in [-0.2, 0) is 0 Å². The number of aromatic nitrogens is 2. The van der Waals surface area contributed by atoms with E-state index in [0.29, 0.717) is 28.4 Å². The predicted molar refractivity (Wildman–Crippen MR) is 83.2 cm³/mol. The summed E-state index contributed by atoms with van der Waals surface area (Å²) in [6.07, 6.45) is 4.78. The van der Waals surface area contributed by atoms with Gasteiger partial charge in [0, 0.05) is 13.2 Å². The zero-order valence-electron chi connectivity index (χ0n) is 11.8. The second-order valence-corrected chi connectivity index (χ2v) is 5.70. The van der Waals surface area contributed by atoms with E-state index in [1.54, 1.807) is 6.07 Å². The number of nitrogens with zero attached hydrogens (tertiary/aromatic N) is 1. The van der Waals surface area contributed by atoms with Gasteiger partial charge in [0.1, 0.15) is 0 Å². The molecular formula is C15H20N4O2. The quantitative estimate of drug-likeness (QED) is 0.635. The first-order valence-corrected chi connectivity index (χ1v) is 7.30. The maximum atomic E-state index is 11.7. The summed E-state index contributed by atoms with van der Waals surface area (Å²) < 4.78 is 0. The molecule has 1 aliphatic rings. The van der Waals surface area contributed by atoms with Crippen molar-refractivity contribution in [3.63, 3.8) is 0 Å². The molecule has 1 aliphatic carbocycles. The summed E-state index contributed by atoms with van der Waals surface area (Å²) in [4.78, 5) is 18.4. The third-order valence-corrected chi connectivity index (χ3v) is 4.42. The zero-order chi connectivity index (χ0) is 14.8. The van der Waals surface area contributed by atoms with Crippen LogP contribution in [0.4, 0.5) is 11.4 Å². The fraction of sp³-hybridized carbons (Fsp3) is 0.467. The van der Waals surface area contributed by atoms with Crippen molar-refractivity contribution in [1.82, 2.24) is 9.97 Å². The highest BCUT2D eigenvalue weighted by molar-refractivity contribution is 5.88. The third-order valence-electron chi connectivity index (χ3n) is 4.42. The molecule has 1 aromatic heterocycles. The summed E-state index contributed by atoms with van der Waals surface area (Å²) in [6, 6.07) is 3.46. The highest BCUT2D eigenvalue weighted by Gasteiger charge is 2.26. The SMILES string of the molecule is Nc1cc2c(=O)[nH]cnc2cc1NCC1CCCC1CO. The number of hydrogen-bond acceptors (Lipinski definition) is 5. The van der Waals surface area contributed by atoms with Crippen LogP contribution in [-0.4, -0.2) is 28.2 Å². The Morgan fingerprint density at radius 3 is 3.00 bits per heavy atom. The van der Waals surface area contributed by atoms with Gasteiger partial charge in [-0.05, 0) is 36.8 Å². The van der Waals surface area contributed by atoms with Crippen molar-refractivity contribution in [3.8, 4) is 0 Å². The summed E-state index contributed by atoms with van der Waals surface area (Å²) in [7, 11) is 0. The largest absolute Gasteiger partial charge is 0.397 e. The lowest BCUT2D eigenvalue weighted by Gasteiger charge is -2.19. The molecule has 1 aromatic carbocycles. The lowest BCUT2D eigenvalue weighted by Crippen LogP contribution is -2.21.